The fraction of sp³-hybridized carbons (Fsp3) is 0.562. The van der Waals surface area contributed by atoms with E-state index in [0.29, 0.717) is 23.8 Å². The van der Waals surface area contributed by atoms with E-state index in [-0.39, 0.29) is 6.10 Å². The molecule has 1 saturated carbocycles. The highest BCUT2D eigenvalue weighted by molar-refractivity contribution is 9.10. The Morgan fingerprint density at radius 2 is 2.20 bits per heavy atom. The van der Waals surface area contributed by atoms with Gasteiger partial charge in [-0.3, -0.25) is 4.79 Å². The average molecular weight is 341 g/mol. The van der Waals surface area contributed by atoms with Crippen molar-refractivity contribution in [3.05, 3.63) is 22.2 Å². The molecule has 1 aromatic carbocycles. The van der Waals surface area contributed by atoms with Crippen LogP contribution < -0.4 is 9.47 Å². The maximum Gasteiger partial charge on any atom is 0.175 e. The average Bonchev–Trinajstić information content (AvgIpc) is 2.42. The van der Waals surface area contributed by atoms with Crippen LogP contribution in [-0.4, -0.2) is 19.0 Å². The van der Waals surface area contributed by atoms with Crippen molar-refractivity contribution in [1.29, 1.82) is 0 Å². The van der Waals surface area contributed by atoms with Gasteiger partial charge in [0.1, 0.15) is 6.29 Å². The van der Waals surface area contributed by atoms with Crippen LogP contribution in [0.25, 0.3) is 0 Å². The van der Waals surface area contributed by atoms with Crippen molar-refractivity contribution in [2.45, 2.75) is 45.6 Å². The number of carbonyl (C=O) groups is 1. The minimum Gasteiger partial charge on any atom is -0.490 e. The van der Waals surface area contributed by atoms with E-state index in [1.807, 2.05) is 6.92 Å². The van der Waals surface area contributed by atoms with Gasteiger partial charge in [0.2, 0.25) is 0 Å². The molecule has 0 heterocycles. The molecule has 0 radical (unpaired) electrons. The zero-order valence-corrected chi connectivity index (χ0v) is 13.6. The molecule has 0 amide bonds. The lowest BCUT2D eigenvalue weighted by Gasteiger charge is -2.28. The summed E-state index contributed by atoms with van der Waals surface area (Å²) in [5.74, 6) is 2.07. The molecule has 2 atom stereocenters. The molecular formula is C16H21BrO3. The molecular weight excluding hydrogens is 320 g/mol. The lowest BCUT2D eigenvalue weighted by atomic mass is 9.89. The maximum atomic E-state index is 10.9. The van der Waals surface area contributed by atoms with Gasteiger partial charge in [0, 0.05) is 5.56 Å². The lowest BCUT2D eigenvalue weighted by molar-refractivity contribution is 0.112. The largest absolute Gasteiger partial charge is 0.490 e. The first-order valence-corrected chi connectivity index (χ1v) is 8.01. The van der Waals surface area contributed by atoms with Crippen molar-refractivity contribution < 1.29 is 14.3 Å². The molecule has 0 N–H and O–H groups in total. The molecule has 2 unspecified atom stereocenters. The highest BCUT2D eigenvalue weighted by atomic mass is 79.9. The number of halogens is 1. The van der Waals surface area contributed by atoms with Crippen molar-refractivity contribution in [2.24, 2.45) is 5.92 Å². The summed E-state index contributed by atoms with van der Waals surface area (Å²) in [7, 11) is 0. The summed E-state index contributed by atoms with van der Waals surface area (Å²) >= 11 is 3.49. The zero-order valence-electron chi connectivity index (χ0n) is 12.0. The molecule has 0 bridgehead atoms. The van der Waals surface area contributed by atoms with Gasteiger partial charge in [0.25, 0.3) is 0 Å². The molecule has 20 heavy (non-hydrogen) atoms. The van der Waals surface area contributed by atoms with Crippen molar-refractivity contribution in [2.75, 3.05) is 6.61 Å². The Labute approximate surface area is 128 Å². The van der Waals surface area contributed by atoms with Crippen molar-refractivity contribution in [3.63, 3.8) is 0 Å². The fourth-order valence-electron chi connectivity index (χ4n) is 2.69. The van der Waals surface area contributed by atoms with Gasteiger partial charge in [0.15, 0.2) is 11.5 Å². The number of hydrogen-bond acceptors (Lipinski definition) is 3. The Kier molecular flexibility index (Phi) is 5.46. The van der Waals surface area contributed by atoms with Gasteiger partial charge in [-0.2, -0.15) is 0 Å². The summed E-state index contributed by atoms with van der Waals surface area (Å²) in [5.41, 5.74) is 0.588. The Hall–Kier alpha value is -1.03. The molecule has 1 aliphatic rings. The molecule has 0 saturated heterocycles. The van der Waals surface area contributed by atoms with Crippen LogP contribution in [-0.2, 0) is 0 Å². The Bertz CT molecular complexity index is 473. The SMILES string of the molecule is CCOc1cc(C=O)cc(Br)c1OC1CCCC(C)C1. The smallest absolute Gasteiger partial charge is 0.175 e. The second-order valence-corrected chi connectivity index (χ2v) is 6.25. The molecule has 3 nitrogen and oxygen atoms in total. The predicted molar refractivity (Wildman–Crippen MR) is 82.7 cm³/mol. The summed E-state index contributed by atoms with van der Waals surface area (Å²) in [5, 5.41) is 0. The monoisotopic (exact) mass is 340 g/mol. The summed E-state index contributed by atoms with van der Waals surface area (Å²) in [6.45, 7) is 4.74. The minimum atomic E-state index is 0.233. The number of aldehydes is 1. The second-order valence-electron chi connectivity index (χ2n) is 5.39. The predicted octanol–water partition coefficient (Wildman–Crippen LogP) is 4.62. The summed E-state index contributed by atoms with van der Waals surface area (Å²) in [4.78, 5) is 10.9. The van der Waals surface area contributed by atoms with E-state index in [1.165, 1.54) is 12.8 Å². The van der Waals surface area contributed by atoms with Gasteiger partial charge in [-0.15, -0.1) is 0 Å². The summed E-state index contributed by atoms with van der Waals surface area (Å²) < 4.78 is 12.5. The minimum absolute atomic E-state index is 0.233. The Balaban J connectivity index is 2.22. The number of hydrogen-bond donors (Lipinski definition) is 0. The molecule has 1 aliphatic carbocycles. The van der Waals surface area contributed by atoms with Crippen LogP contribution in [0.3, 0.4) is 0 Å². The third-order valence-corrected chi connectivity index (χ3v) is 4.23. The third kappa shape index (κ3) is 3.75. The number of carbonyl (C=O) groups excluding carboxylic acids is 1. The first kappa shape index (κ1) is 15.4. The number of ether oxygens (including phenoxy) is 2. The van der Waals surface area contributed by atoms with Crippen LogP contribution in [0.15, 0.2) is 16.6 Å². The molecule has 0 aromatic heterocycles. The van der Waals surface area contributed by atoms with Crippen molar-refractivity contribution >= 4 is 22.2 Å². The van der Waals surface area contributed by atoms with Crippen LogP contribution in [0.5, 0.6) is 11.5 Å². The Morgan fingerprint density at radius 3 is 2.85 bits per heavy atom. The number of benzene rings is 1. The first-order valence-electron chi connectivity index (χ1n) is 7.22. The Morgan fingerprint density at radius 1 is 1.40 bits per heavy atom. The lowest BCUT2D eigenvalue weighted by Crippen LogP contribution is -2.24. The highest BCUT2D eigenvalue weighted by Crippen LogP contribution is 2.39. The van der Waals surface area contributed by atoms with E-state index in [1.54, 1.807) is 12.1 Å². The first-order chi connectivity index (χ1) is 9.63. The van der Waals surface area contributed by atoms with Crippen molar-refractivity contribution in [3.8, 4) is 11.5 Å². The second kappa shape index (κ2) is 7.11. The zero-order chi connectivity index (χ0) is 14.5. The molecule has 0 spiro atoms. The van der Waals surface area contributed by atoms with Crippen molar-refractivity contribution in [1.82, 2.24) is 0 Å². The fourth-order valence-corrected chi connectivity index (χ4v) is 3.24. The van der Waals surface area contributed by atoms with E-state index in [2.05, 4.69) is 22.9 Å². The summed E-state index contributed by atoms with van der Waals surface area (Å²) in [6, 6.07) is 3.51. The summed E-state index contributed by atoms with van der Waals surface area (Å²) in [6.07, 6.45) is 5.70. The highest BCUT2D eigenvalue weighted by Gasteiger charge is 2.23. The van der Waals surface area contributed by atoms with E-state index in [4.69, 9.17) is 9.47 Å². The quantitative estimate of drug-likeness (QED) is 0.733. The number of rotatable bonds is 5. The molecule has 1 aromatic rings. The van der Waals surface area contributed by atoms with Gasteiger partial charge in [0.05, 0.1) is 17.2 Å². The van der Waals surface area contributed by atoms with Crippen LogP contribution in [0.2, 0.25) is 0 Å². The molecule has 110 valence electrons. The van der Waals surface area contributed by atoms with E-state index in [0.717, 1.165) is 29.4 Å². The van der Waals surface area contributed by atoms with Gasteiger partial charge >= 0.3 is 0 Å². The topological polar surface area (TPSA) is 35.5 Å². The van der Waals surface area contributed by atoms with Gasteiger partial charge in [-0.1, -0.05) is 13.3 Å². The molecule has 2 rings (SSSR count). The normalized spacial score (nSPS) is 22.4. The molecule has 4 heteroatoms. The van der Waals surface area contributed by atoms with Crippen LogP contribution in [0.1, 0.15) is 49.9 Å². The molecule has 0 aliphatic heterocycles. The molecule has 1 fully saturated rings. The maximum absolute atomic E-state index is 10.9. The van der Waals surface area contributed by atoms with Gasteiger partial charge in [-0.25, -0.2) is 0 Å². The van der Waals surface area contributed by atoms with Gasteiger partial charge in [-0.05, 0) is 60.2 Å². The van der Waals surface area contributed by atoms with Crippen LogP contribution >= 0.6 is 15.9 Å². The van der Waals surface area contributed by atoms with Crippen LogP contribution in [0.4, 0.5) is 0 Å². The van der Waals surface area contributed by atoms with E-state index >= 15 is 0 Å². The third-order valence-electron chi connectivity index (χ3n) is 3.64. The van der Waals surface area contributed by atoms with Crippen LogP contribution in [0, 0.1) is 5.92 Å². The van der Waals surface area contributed by atoms with Gasteiger partial charge < -0.3 is 9.47 Å². The van der Waals surface area contributed by atoms with E-state index in [9.17, 15) is 4.79 Å². The standard InChI is InChI=1S/C16H21BrO3/c1-3-19-15-9-12(10-18)8-14(17)16(15)20-13-6-4-5-11(2)7-13/h8-11,13H,3-7H2,1-2H3. The van der Waals surface area contributed by atoms with E-state index < -0.39 is 0 Å².